The van der Waals surface area contributed by atoms with Gasteiger partial charge in [-0.2, -0.15) is 10.3 Å². The van der Waals surface area contributed by atoms with E-state index in [1.165, 1.54) is 29.4 Å². The van der Waals surface area contributed by atoms with Crippen LogP contribution >= 0.6 is 22.0 Å². The number of nitriles is 1. The van der Waals surface area contributed by atoms with E-state index in [0.717, 1.165) is 52.5 Å². The largest absolute Gasteiger partial charge is 0.347 e. The Kier molecular flexibility index (Phi) is 7.74. The summed E-state index contributed by atoms with van der Waals surface area (Å²) in [6.45, 7) is 3.93. The number of hydrogen-bond donors (Lipinski definition) is 1. The first kappa shape index (κ1) is 31.7. The van der Waals surface area contributed by atoms with Gasteiger partial charge in [-0.1, -0.05) is 56.7 Å². The summed E-state index contributed by atoms with van der Waals surface area (Å²) in [5, 5.41) is 16.7. The Bertz CT molecular complexity index is 1910. The Labute approximate surface area is 258 Å². The van der Waals surface area contributed by atoms with Gasteiger partial charge in [-0.25, -0.2) is 14.5 Å². The van der Waals surface area contributed by atoms with Crippen molar-refractivity contribution >= 4 is 50.5 Å². The number of carbonyl (C=O) groups is 2. The molecule has 16 heteroatoms. The van der Waals surface area contributed by atoms with E-state index in [4.69, 9.17) is 0 Å². The van der Waals surface area contributed by atoms with E-state index in [0.29, 0.717) is 11.3 Å². The van der Waals surface area contributed by atoms with Gasteiger partial charge in [0.1, 0.15) is 17.3 Å². The van der Waals surface area contributed by atoms with Crippen LogP contribution < -0.4 is 10.2 Å². The van der Waals surface area contributed by atoms with Crippen molar-refractivity contribution in [1.82, 2.24) is 14.8 Å². The van der Waals surface area contributed by atoms with Gasteiger partial charge in [0.15, 0.2) is 11.0 Å². The number of halogens is 5. The maximum atomic E-state index is 13.0. The predicted octanol–water partition coefficient (Wildman–Crippen LogP) is 8.39. The van der Waals surface area contributed by atoms with Crippen LogP contribution in [0.3, 0.4) is 0 Å². The summed E-state index contributed by atoms with van der Waals surface area (Å²) in [6.07, 6.45) is 2.77. The maximum absolute atomic E-state index is 13.0. The number of carbonyl (C=O) groups excluding carboxylic acids is 2. The minimum Gasteiger partial charge on any atom is -0.305 e. The Morgan fingerprint density at radius 1 is 1.09 bits per heavy atom. The number of amides is 3. The fourth-order valence-corrected chi connectivity index (χ4v) is 6.04. The molecule has 1 aliphatic heterocycles. The first-order chi connectivity index (χ1) is 21.1. The van der Waals surface area contributed by atoms with Crippen molar-refractivity contribution in [2.24, 2.45) is 4.99 Å². The maximum Gasteiger partial charge on any atom is 0.347 e. The second-order valence-electron chi connectivity index (χ2n) is 10.1. The van der Waals surface area contributed by atoms with Gasteiger partial charge >= 0.3 is 16.3 Å². The van der Waals surface area contributed by atoms with Gasteiger partial charge < -0.3 is 5.32 Å². The molecular weight excluding hydrogens is 637 g/mol. The average molecular weight is 662 g/mol. The van der Waals surface area contributed by atoms with Crippen molar-refractivity contribution in [1.29, 1.82) is 5.26 Å². The number of rotatable bonds is 7. The molecule has 0 unspecified atom stereocenters. The van der Waals surface area contributed by atoms with Crippen molar-refractivity contribution < 1.29 is 29.0 Å². The van der Waals surface area contributed by atoms with Crippen molar-refractivity contribution in [2.45, 2.75) is 31.6 Å². The summed E-state index contributed by atoms with van der Waals surface area (Å²) in [7, 11) is -9.82. The fraction of sp³-hybridized carbons (Fsp3) is 0.172. The van der Waals surface area contributed by atoms with Crippen molar-refractivity contribution in [3.05, 3.63) is 83.7 Å². The summed E-state index contributed by atoms with van der Waals surface area (Å²) < 4.78 is 66.3. The zero-order valence-electron chi connectivity index (χ0n) is 23.7. The number of amidine groups is 1. The van der Waals surface area contributed by atoms with E-state index in [9.17, 15) is 34.3 Å². The lowest BCUT2D eigenvalue weighted by atomic mass is 10.0. The Balaban J connectivity index is 1.35. The minimum absolute atomic E-state index is 0.0357. The van der Waals surface area contributed by atoms with Crippen LogP contribution in [0, 0.1) is 18.3 Å². The second-order valence-corrected chi connectivity index (χ2v) is 13.4. The van der Waals surface area contributed by atoms with Crippen molar-refractivity contribution in [3.8, 4) is 23.1 Å². The number of nitrogens with zero attached hydrogens (tertiary/aromatic N) is 6. The molecule has 0 radical (unpaired) electrons. The predicted molar refractivity (Wildman–Crippen MR) is 164 cm³/mol. The van der Waals surface area contributed by atoms with Crippen LogP contribution in [0.5, 0.6) is 0 Å². The van der Waals surface area contributed by atoms with E-state index < -0.39 is 21.2 Å². The van der Waals surface area contributed by atoms with Crippen LogP contribution in [0.25, 0.3) is 17.1 Å². The lowest BCUT2D eigenvalue weighted by Gasteiger charge is -2.40. The molecule has 0 spiro atoms. The average Bonchev–Trinajstić information content (AvgIpc) is 3.60. The van der Waals surface area contributed by atoms with Gasteiger partial charge in [0.05, 0.1) is 28.4 Å². The number of aromatic nitrogens is 3. The summed E-state index contributed by atoms with van der Waals surface area (Å²) in [6, 6.07) is 13.5. The highest BCUT2D eigenvalue weighted by Gasteiger charge is 2.65. The molecule has 1 aliphatic rings. The standard InChI is InChI=1S/C29H24F5N7O2S2/c1-3-4-19-6-5-18(2)13-25(19)41-26(42)16-44-29(41)38-28(43)37-24-12-7-20(14-21(24)15-35)27-36-17-40(39-27)22-8-10-23(11-9-22)45(30,31,32,33)34/h5-14,17H,3-4,16H2,1-2H3,(H,37,43). The molecule has 0 aliphatic carbocycles. The fourth-order valence-electron chi connectivity index (χ4n) is 4.54. The Morgan fingerprint density at radius 3 is 2.49 bits per heavy atom. The number of aliphatic imine (C=N–C) groups is 1. The zero-order chi connectivity index (χ0) is 32.6. The molecule has 234 valence electrons. The van der Waals surface area contributed by atoms with E-state index >= 15 is 0 Å². The second kappa shape index (κ2) is 11.0. The molecule has 1 fully saturated rings. The SMILES string of the molecule is CCCc1ccc(C)cc1N1C(=O)CSC1=NC(=O)Nc1ccc(-c2ncn(-c3ccc(S(F)(F)(F)(F)F)cc3)n2)cc1C#N. The van der Waals surface area contributed by atoms with Gasteiger partial charge in [0, 0.05) is 5.56 Å². The van der Waals surface area contributed by atoms with Gasteiger partial charge in [-0.05, 0) is 73.0 Å². The monoisotopic (exact) mass is 661 g/mol. The third kappa shape index (κ3) is 6.99. The molecule has 4 aromatic rings. The number of aryl methyl sites for hydroxylation is 2. The quantitative estimate of drug-likeness (QED) is 0.199. The summed E-state index contributed by atoms with van der Waals surface area (Å²) in [4.78, 5) is 33.4. The number of anilines is 2. The lowest BCUT2D eigenvalue weighted by Crippen LogP contribution is -2.31. The van der Waals surface area contributed by atoms with Gasteiger partial charge in [-0.15, -0.1) is 5.10 Å². The number of hydrogen-bond acceptors (Lipinski definition) is 6. The third-order valence-corrected chi connectivity index (χ3v) is 8.73. The highest BCUT2D eigenvalue weighted by Crippen LogP contribution is 3.02. The number of thioether (sulfide) groups is 1. The molecule has 3 aromatic carbocycles. The van der Waals surface area contributed by atoms with Gasteiger partial charge in [-0.3, -0.25) is 9.69 Å². The summed E-state index contributed by atoms with van der Waals surface area (Å²) >= 11 is 1.13. The van der Waals surface area contributed by atoms with E-state index in [2.05, 4.69) is 20.4 Å². The highest BCUT2D eigenvalue weighted by molar-refractivity contribution is 8.45. The molecule has 45 heavy (non-hydrogen) atoms. The van der Waals surface area contributed by atoms with Gasteiger partial charge in [0.2, 0.25) is 5.91 Å². The van der Waals surface area contributed by atoms with Crippen LogP contribution in [0.1, 0.15) is 30.0 Å². The Morgan fingerprint density at radius 2 is 1.82 bits per heavy atom. The molecule has 3 amide bonds. The number of nitrogens with one attached hydrogen (secondary N) is 1. The topological polar surface area (TPSA) is 116 Å². The molecule has 1 saturated heterocycles. The van der Waals surface area contributed by atoms with Crippen LogP contribution in [-0.2, 0) is 11.2 Å². The number of benzene rings is 3. The summed E-state index contributed by atoms with van der Waals surface area (Å²) in [5.41, 5.74) is 3.12. The normalized spacial score (nSPS) is 15.9. The molecule has 1 aromatic heterocycles. The summed E-state index contributed by atoms with van der Waals surface area (Å²) in [5.74, 6) is -0.0122. The van der Waals surface area contributed by atoms with Crippen LogP contribution in [0.2, 0.25) is 0 Å². The molecule has 9 nitrogen and oxygen atoms in total. The molecular formula is C29H24F5N7O2S2. The zero-order valence-corrected chi connectivity index (χ0v) is 25.3. The third-order valence-electron chi connectivity index (χ3n) is 6.64. The smallest absolute Gasteiger partial charge is 0.305 e. The highest BCUT2D eigenvalue weighted by atomic mass is 32.5. The van der Waals surface area contributed by atoms with Crippen LogP contribution in [0.4, 0.5) is 35.6 Å². The first-order valence-electron chi connectivity index (χ1n) is 13.3. The molecule has 0 saturated carbocycles. The van der Waals surface area contributed by atoms with Gasteiger partial charge in [0.25, 0.3) is 0 Å². The molecule has 1 N–H and O–H groups in total. The molecule has 2 heterocycles. The molecule has 5 rings (SSSR count). The van der Waals surface area contributed by atoms with Crippen molar-refractivity contribution in [2.75, 3.05) is 16.0 Å². The van der Waals surface area contributed by atoms with Crippen LogP contribution in [0.15, 0.2) is 76.9 Å². The van der Waals surface area contributed by atoms with E-state index in [1.54, 1.807) is 0 Å². The van der Waals surface area contributed by atoms with E-state index in [1.807, 2.05) is 38.1 Å². The number of urea groups is 1. The van der Waals surface area contributed by atoms with Crippen molar-refractivity contribution in [3.63, 3.8) is 0 Å². The molecule has 0 bridgehead atoms. The van der Waals surface area contributed by atoms with Crippen LogP contribution in [-0.4, -0.2) is 37.6 Å². The Hall–Kier alpha value is -4.75. The lowest BCUT2D eigenvalue weighted by molar-refractivity contribution is -0.115. The van der Waals surface area contributed by atoms with E-state index in [-0.39, 0.29) is 51.7 Å². The molecule has 0 atom stereocenters. The first-order valence-corrected chi connectivity index (χ1v) is 16.3. The minimum atomic E-state index is -9.82.